The summed E-state index contributed by atoms with van der Waals surface area (Å²) in [6.45, 7) is 4.22. The van der Waals surface area contributed by atoms with Gasteiger partial charge >= 0.3 is 0 Å². The van der Waals surface area contributed by atoms with Gasteiger partial charge in [0.15, 0.2) is 0 Å². The van der Waals surface area contributed by atoms with Crippen molar-refractivity contribution in [1.29, 1.82) is 0 Å². The summed E-state index contributed by atoms with van der Waals surface area (Å²) in [7, 11) is 0. The Bertz CT molecular complexity index is 1310. The molecule has 4 heteroatoms. The number of aliphatic hydroxyl groups excluding tert-OH is 2. The second-order valence-electron chi connectivity index (χ2n) is 23.6. The molecule has 0 aliphatic rings. The monoisotopic (exact) mass is 1070 g/mol. The summed E-state index contributed by atoms with van der Waals surface area (Å²) in [6, 6.07) is -0.642. The number of carbonyl (C=O) groups is 1. The van der Waals surface area contributed by atoms with Gasteiger partial charge in [0, 0.05) is 6.42 Å². The smallest absolute Gasteiger partial charge is 0.220 e. The van der Waals surface area contributed by atoms with Crippen LogP contribution in [0.3, 0.4) is 0 Å². The molecule has 3 N–H and O–H groups in total. The Labute approximate surface area is 482 Å². The van der Waals surface area contributed by atoms with Crippen LogP contribution in [-0.2, 0) is 4.79 Å². The maximum atomic E-state index is 12.5. The van der Waals surface area contributed by atoms with E-state index in [0.29, 0.717) is 6.42 Å². The molecule has 77 heavy (non-hydrogen) atoms. The van der Waals surface area contributed by atoms with Crippen LogP contribution in [0.1, 0.15) is 367 Å². The second-order valence-corrected chi connectivity index (χ2v) is 23.6. The van der Waals surface area contributed by atoms with E-state index in [-0.39, 0.29) is 12.5 Å². The molecule has 0 saturated carbocycles. The van der Waals surface area contributed by atoms with Gasteiger partial charge < -0.3 is 15.5 Å². The first-order chi connectivity index (χ1) is 38.2. The Morgan fingerprint density at radius 3 is 0.909 bits per heavy atom. The average molecular weight is 1070 g/mol. The van der Waals surface area contributed by atoms with Gasteiger partial charge in [-0.3, -0.25) is 4.79 Å². The highest BCUT2D eigenvalue weighted by atomic mass is 16.3. The van der Waals surface area contributed by atoms with Crippen molar-refractivity contribution < 1.29 is 15.0 Å². The standard InChI is InChI=1S/C73H135NO3/c1-3-5-7-9-11-13-15-17-19-21-23-25-27-29-31-33-35-37-39-41-43-45-47-49-51-53-55-57-59-61-63-65-67-69-73(77)74-71(70-75)72(76)68-66-64-62-60-58-56-54-52-50-48-46-44-42-40-38-36-34-32-30-28-26-24-22-20-18-16-14-12-10-8-6-4-2/h5,7,11,13,17,19,23,25,58,60,66,68,71-72,75-76H,3-4,6,8-10,12,14-16,18,20-22,24,26-57,59,61-65,67,69-70H2,1-2H3,(H,74,77)/b7-5-,13-11-,19-17-,25-23-,60-58+,68-66+. The van der Waals surface area contributed by atoms with Gasteiger partial charge in [0.25, 0.3) is 0 Å². The Hall–Kier alpha value is -2.17. The van der Waals surface area contributed by atoms with Gasteiger partial charge in [0.2, 0.25) is 5.91 Å². The van der Waals surface area contributed by atoms with E-state index in [1.807, 2.05) is 6.08 Å². The van der Waals surface area contributed by atoms with Crippen LogP contribution in [0.25, 0.3) is 0 Å². The number of aliphatic hydroxyl groups is 2. The third-order valence-corrected chi connectivity index (χ3v) is 15.9. The SMILES string of the molecule is CC/C=C\C/C=C\C/C=C\C/C=C\CCCCCCCCCCCCCCCCCCCCCCC(=O)NC(CO)C(O)/C=C/CC/C=C/CCCCCCCCCCCCCCCCCCCCCCCCCCCC. The van der Waals surface area contributed by atoms with Crippen LogP contribution in [-0.4, -0.2) is 34.9 Å². The number of unbranched alkanes of at least 4 members (excludes halogenated alkanes) is 47. The normalized spacial score (nSPS) is 13.1. The van der Waals surface area contributed by atoms with E-state index in [9.17, 15) is 15.0 Å². The van der Waals surface area contributed by atoms with Crippen LogP contribution in [0, 0.1) is 0 Å². The molecule has 0 spiro atoms. The van der Waals surface area contributed by atoms with Crippen molar-refractivity contribution >= 4 is 5.91 Å². The average Bonchev–Trinajstić information content (AvgIpc) is 3.43. The fraction of sp³-hybridized carbons (Fsp3) is 0.822. The van der Waals surface area contributed by atoms with Gasteiger partial charge in [0.05, 0.1) is 18.8 Å². The Morgan fingerprint density at radius 2 is 0.584 bits per heavy atom. The Morgan fingerprint density at radius 1 is 0.325 bits per heavy atom. The molecule has 2 atom stereocenters. The number of hydrogen-bond donors (Lipinski definition) is 3. The molecular weight excluding hydrogens is 939 g/mol. The molecular formula is C73H135NO3. The molecule has 4 nitrogen and oxygen atoms in total. The summed E-state index contributed by atoms with van der Waals surface area (Å²) in [6.07, 6.45) is 98.5. The van der Waals surface area contributed by atoms with Gasteiger partial charge in [-0.25, -0.2) is 0 Å². The highest BCUT2D eigenvalue weighted by molar-refractivity contribution is 5.76. The van der Waals surface area contributed by atoms with E-state index < -0.39 is 12.1 Å². The van der Waals surface area contributed by atoms with Crippen LogP contribution >= 0.6 is 0 Å². The molecule has 450 valence electrons. The fourth-order valence-corrected chi connectivity index (χ4v) is 10.7. The summed E-state index contributed by atoms with van der Waals surface area (Å²) in [5.74, 6) is -0.0687. The number of allylic oxidation sites excluding steroid dienone is 11. The van der Waals surface area contributed by atoms with Crippen molar-refractivity contribution in [2.75, 3.05) is 6.61 Å². The van der Waals surface area contributed by atoms with Gasteiger partial charge in [-0.05, 0) is 70.6 Å². The number of amides is 1. The predicted molar refractivity (Wildman–Crippen MR) is 345 cm³/mol. The van der Waals surface area contributed by atoms with Crippen LogP contribution in [0.5, 0.6) is 0 Å². The van der Waals surface area contributed by atoms with E-state index in [1.54, 1.807) is 6.08 Å². The highest BCUT2D eigenvalue weighted by Crippen LogP contribution is 2.19. The van der Waals surface area contributed by atoms with E-state index >= 15 is 0 Å². The third-order valence-electron chi connectivity index (χ3n) is 15.9. The van der Waals surface area contributed by atoms with Gasteiger partial charge in [0.1, 0.15) is 0 Å². The molecule has 0 aromatic heterocycles. The summed E-state index contributed by atoms with van der Waals surface area (Å²) in [5.41, 5.74) is 0. The molecule has 0 aliphatic heterocycles. The summed E-state index contributed by atoms with van der Waals surface area (Å²) in [4.78, 5) is 12.5. The summed E-state index contributed by atoms with van der Waals surface area (Å²) in [5, 5.41) is 23.3. The van der Waals surface area contributed by atoms with Gasteiger partial charge in [-0.15, -0.1) is 0 Å². The van der Waals surface area contributed by atoms with Gasteiger partial charge in [-0.1, -0.05) is 363 Å². The lowest BCUT2D eigenvalue weighted by Crippen LogP contribution is -2.45. The fourth-order valence-electron chi connectivity index (χ4n) is 10.7. The molecule has 1 amide bonds. The number of nitrogens with one attached hydrogen (secondary N) is 1. The molecule has 0 aliphatic carbocycles. The lowest BCUT2D eigenvalue weighted by Gasteiger charge is -2.19. The zero-order chi connectivity index (χ0) is 55.5. The van der Waals surface area contributed by atoms with Gasteiger partial charge in [-0.2, -0.15) is 0 Å². The van der Waals surface area contributed by atoms with Crippen molar-refractivity contribution in [3.8, 4) is 0 Å². The zero-order valence-electron chi connectivity index (χ0n) is 52.0. The zero-order valence-corrected chi connectivity index (χ0v) is 52.0. The van der Waals surface area contributed by atoms with E-state index in [4.69, 9.17) is 0 Å². The Balaban J connectivity index is 3.46. The molecule has 0 bridgehead atoms. The van der Waals surface area contributed by atoms with E-state index in [2.05, 4.69) is 79.9 Å². The first-order valence-corrected chi connectivity index (χ1v) is 34.7. The predicted octanol–water partition coefficient (Wildman–Crippen LogP) is 23.7. The minimum absolute atomic E-state index is 0.0687. The quantitative estimate of drug-likeness (QED) is 0.0420. The van der Waals surface area contributed by atoms with Crippen LogP contribution in [0.4, 0.5) is 0 Å². The molecule has 0 saturated heterocycles. The number of rotatable bonds is 64. The maximum Gasteiger partial charge on any atom is 0.220 e. The van der Waals surface area contributed by atoms with E-state index in [0.717, 1.165) is 57.8 Å². The lowest BCUT2D eigenvalue weighted by atomic mass is 10.0. The molecule has 0 aromatic rings. The van der Waals surface area contributed by atoms with E-state index in [1.165, 1.54) is 289 Å². The summed E-state index contributed by atoms with van der Waals surface area (Å²) >= 11 is 0. The van der Waals surface area contributed by atoms with Crippen molar-refractivity contribution in [3.63, 3.8) is 0 Å². The van der Waals surface area contributed by atoms with Crippen molar-refractivity contribution in [2.45, 2.75) is 379 Å². The van der Waals surface area contributed by atoms with Crippen LogP contribution in [0.2, 0.25) is 0 Å². The maximum absolute atomic E-state index is 12.5. The third kappa shape index (κ3) is 64.5. The lowest BCUT2D eigenvalue weighted by molar-refractivity contribution is -0.123. The molecule has 0 radical (unpaired) electrons. The molecule has 0 rings (SSSR count). The first-order valence-electron chi connectivity index (χ1n) is 34.7. The van der Waals surface area contributed by atoms with Crippen LogP contribution < -0.4 is 5.32 Å². The topological polar surface area (TPSA) is 69.6 Å². The first kappa shape index (κ1) is 74.8. The molecule has 2 unspecified atom stereocenters. The molecule has 0 fully saturated rings. The largest absolute Gasteiger partial charge is 0.394 e. The van der Waals surface area contributed by atoms with Crippen molar-refractivity contribution in [2.24, 2.45) is 0 Å². The van der Waals surface area contributed by atoms with Crippen molar-refractivity contribution in [3.05, 3.63) is 72.9 Å². The number of carbonyl (C=O) groups excluding carboxylic acids is 1. The summed E-state index contributed by atoms with van der Waals surface area (Å²) < 4.78 is 0. The Kier molecular flexibility index (Phi) is 66.2. The second kappa shape index (κ2) is 68.1. The molecule has 0 aromatic carbocycles. The minimum atomic E-state index is -0.866. The number of hydrogen-bond acceptors (Lipinski definition) is 3. The highest BCUT2D eigenvalue weighted by Gasteiger charge is 2.18. The van der Waals surface area contributed by atoms with Crippen LogP contribution in [0.15, 0.2) is 72.9 Å². The van der Waals surface area contributed by atoms with Crippen molar-refractivity contribution in [1.82, 2.24) is 5.32 Å². The minimum Gasteiger partial charge on any atom is -0.394 e. The molecule has 0 heterocycles.